The van der Waals surface area contributed by atoms with E-state index >= 15 is 0 Å². The van der Waals surface area contributed by atoms with Crippen LogP contribution < -0.4 is 10.6 Å². The number of likely N-dealkylation sites (tertiary alicyclic amines) is 1. The maximum Gasteiger partial charge on any atom is 0.407 e. The Labute approximate surface area is 147 Å². The van der Waals surface area contributed by atoms with E-state index in [1.165, 1.54) is 0 Å². The van der Waals surface area contributed by atoms with Crippen LogP contribution in [-0.2, 0) is 9.47 Å². The van der Waals surface area contributed by atoms with Crippen molar-refractivity contribution in [2.24, 2.45) is 5.92 Å². The highest BCUT2D eigenvalue weighted by molar-refractivity contribution is 5.68. The van der Waals surface area contributed by atoms with Crippen molar-refractivity contribution in [3.05, 3.63) is 0 Å². The maximum absolute atomic E-state index is 11.8. The van der Waals surface area contributed by atoms with Crippen molar-refractivity contribution in [2.45, 2.75) is 59.1 Å². The molecule has 1 aliphatic heterocycles. The van der Waals surface area contributed by atoms with Crippen molar-refractivity contribution in [3.8, 4) is 0 Å². The average Bonchev–Trinajstić information content (AvgIpc) is 2.45. The lowest BCUT2D eigenvalue weighted by molar-refractivity contribution is 0.0466. The number of amides is 1. The van der Waals surface area contributed by atoms with Gasteiger partial charge in [0.2, 0.25) is 0 Å². The summed E-state index contributed by atoms with van der Waals surface area (Å²) in [5.41, 5.74) is -0.438. The van der Waals surface area contributed by atoms with Crippen LogP contribution in [0.2, 0.25) is 0 Å². The number of hydrogen-bond donors (Lipinski definition) is 2. The van der Waals surface area contributed by atoms with Gasteiger partial charge in [-0.1, -0.05) is 13.8 Å². The van der Waals surface area contributed by atoms with Crippen LogP contribution >= 0.6 is 0 Å². The summed E-state index contributed by atoms with van der Waals surface area (Å²) >= 11 is 0. The second kappa shape index (κ2) is 10.9. The molecule has 6 heteroatoms. The Kier molecular flexibility index (Phi) is 9.63. The quantitative estimate of drug-likeness (QED) is 0.629. The van der Waals surface area contributed by atoms with Crippen molar-refractivity contribution < 1.29 is 14.3 Å². The van der Waals surface area contributed by atoms with E-state index in [0.29, 0.717) is 5.92 Å². The Balaban J connectivity index is 2.02. The molecule has 0 bridgehead atoms. The third kappa shape index (κ3) is 10.8. The van der Waals surface area contributed by atoms with E-state index in [1.54, 1.807) is 0 Å². The summed E-state index contributed by atoms with van der Waals surface area (Å²) in [6.07, 6.45) is 1.63. The van der Waals surface area contributed by atoms with Crippen LogP contribution in [0.1, 0.15) is 47.5 Å². The van der Waals surface area contributed by atoms with Crippen molar-refractivity contribution in [1.29, 1.82) is 0 Å². The van der Waals surface area contributed by atoms with E-state index in [1.807, 2.05) is 20.8 Å². The second-order valence-corrected chi connectivity index (χ2v) is 7.97. The molecular weight excluding hydrogens is 306 g/mol. The first-order chi connectivity index (χ1) is 11.3. The predicted molar refractivity (Wildman–Crippen MR) is 97.4 cm³/mol. The fraction of sp³-hybridized carbons (Fsp3) is 0.944. The Hall–Kier alpha value is -0.850. The van der Waals surface area contributed by atoms with E-state index in [4.69, 9.17) is 9.47 Å². The fourth-order valence-corrected chi connectivity index (χ4v) is 2.61. The number of nitrogens with zero attached hydrogens (tertiary/aromatic N) is 1. The first-order valence-electron chi connectivity index (χ1n) is 9.26. The lowest BCUT2D eigenvalue weighted by Crippen LogP contribution is -2.46. The van der Waals surface area contributed by atoms with Crippen LogP contribution in [0.15, 0.2) is 0 Å². The summed E-state index contributed by atoms with van der Waals surface area (Å²) in [5.74, 6) is 0.681. The first kappa shape index (κ1) is 21.2. The molecule has 1 aliphatic rings. The van der Waals surface area contributed by atoms with E-state index in [-0.39, 0.29) is 12.1 Å². The van der Waals surface area contributed by atoms with Crippen LogP contribution in [0, 0.1) is 5.92 Å². The van der Waals surface area contributed by atoms with Gasteiger partial charge in [0.05, 0.1) is 13.2 Å². The standard InChI is InChI=1S/C18H37N3O3/c1-15(2)14-19-8-12-23-13-11-21-9-6-16(7-10-21)20-17(22)24-18(3,4)5/h15-16,19H,6-14H2,1-5H3,(H,20,22). The normalized spacial score (nSPS) is 17.2. The largest absolute Gasteiger partial charge is 0.444 e. The minimum atomic E-state index is -0.438. The van der Waals surface area contributed by atoms with Gasteiger partial charge in [-0.2, -0.15) is 0 Å². The lowest BCUT2D eigenvalue weighted by Gasteiger charge is -2.32. The SMILES string of the molecule is CC(C)CNCCOCCN1CCC(NC(=O)OC(C)(C)C)CC1. The summed E-state index contributed by atoms with van der Waals surface area (Å²) in [5, 5.41) is 6.34. The monoisotopic (exact) mass is 343 g/mol. The zero-order valence-electron chi connectivity index (χ0n) is 16.2. The third-order valence-corrected chi connectivity index (χ3v) is 3.84. The molecule has 2 N–H and O–H groups in total. The van der Waals surface area contributed by atoms with Crippen LogP contribution in [0.25, 0.3) is 0 Å². The van der Waals surface area contributed by atoms with Crippen molar-refractivity contribution in [2.75, 3.05) is 45.9 Å². The zero-order valence-corrected chi connectivity index (χ0v) is 16.2. The topological polar surface area (TPSA) is 62.8 Å². The molecule has 1 rings (SSSR count). The number of rotatable bonds is 9. The predicted octanol–water partition coefficient (Wildman–Crippen LogP) is 2.24. The molecule has 0 unspecified atom stereocenters. The molecule has 24 heavy (non-hydrogen) atoms. The van der Waals surface area contributed by atoms with Crippen molar-refractivity contribution in [1.82, 2.24) is 15.5 Å². The number of carbonyl (C=O) groups excluding carboxylic acids is 1. The van der Waals surface area contributed by atoms with Gasteiger partial charge in [0, 0.05) is 32.2 Å². The summed E-state index contributed by atoms with van der Waals surface area (Å²) in [6, 6.07) is 0.220. The highest BCUT2D eigenvalue weighted by atomic mass is 16.6. The number of carbonyl (C=O) groups is 1. The summed E-state index contributed by atoms with van der Waals surface area (Å²) in [7, 11) is 0. The van der Waals surface area contributed by atoms with Crippen LogP contribution in [0.5, 0.6) is 0 Å². The molecule has 0 aromatic heterocycles. The van der Waals surface area contributed by atoms with Crippen LogP contribution in [0.3, 0.4) is 0 Å². The molecule has 1 fully saturated rings. The molecule has 1 heterocycles. The maximum atomic E-state index is 11.8. The van der Waals surface area contributed by atoms with E-state index in [0.717, 1.165) is 58.8 Å². The average molecular weight is 344 g/mol. The lowest BCUT2D eigenvalue weighted by atomic mass is 10.1. The minimum absolute atomic E-state index is 0.220. The Morgan fingerprint density at radius 3 is 2.46 bits per heavy atom. The Morgan fingerprint density at radius 2 is 1.88 bits per heavy atom. The summed E-state index contributed by atoms with van der Waals surface area (Å²) < 4.78 is 11.0. The Morgan fingerprint density at radius 1 is 1.21 bits per heavy atom. The molecule has 142 valence electrons. The Bertz CT molecular complexity index is 348. The molecule has 6 nitrogen and oxygen atoms in total. The zero-order chi connectivity index (χ0) is 18.0. The molecule has 0 aromatic carbocycles. The molecule has 0 atom stereocenters. The van der Waals surface area contributed by atoms with Crippen molar-refractivity contribution in [3.63, 3.8) is 0 Å². The highest BCUT2D eigenvalue weighted by Gasteiger charge is 2.23. The van der Waals surface area contributed by atoms with Gasteiger partial charge in [-0.3, -0.25) is 0 Å². The molecule has 1 saturated heterocycles. The van der Waals surface area contributed by atoms with Gasteiger partial charge >= 0.3 is 6.09 Å². The first-order valence-corrected chi connectivity index (χ1v) is 9.26. The molecule has 0 saturated carbocycles. The van der Waals surface area contributed by atoms with Gasteiger partial charge < -0.3 is 25.0 Å². The van der Waals surface area contributed by atoms with E-state index in [9.17, 15) is 4.79 Å². The number of ether oxygens (including phenoxy) is 2. The van der Waals surface area contributed by atoms with E-state index in [2.05, 4.69) is 29.4 Å². The minimum Gasteiger partial charge on any atom is -0.444 e. The molecule has 0 radical (unpaired) electrons. The van der Waals surface area contributed by atoms with Gasteiger partial charge in [-0.05, 0) is 46.1 Å². The number of hydrogen-bond acceptors (Lipinski definition) is 5. The number of piperidine rings is 1. The molecule has 0 aliphatic carbocycles. The second-order valence-electron chi connectivity index (χ2n) is 7.97. The van der Waals surface area contributed by atoms with Crippen molar-refractivity contribution >= 4 is 6.09 Å². The number of nitrogens with one attached hydrogen (secondary N) is 2. The van der Waals surface area contributed by atoms with Gasteiger partial charge in [-0.25, -0.2) is 4.79 Å². The highest BCUT2D eigenvalue weighted by Crippen LogP contribution is 2.12. The molecule has 0 spiro atoms. The third-order valence-electron chi connectivity index (χ3n) is 3.84. The van der Waals surface area contributed by atoms with Crippen LogP contribution in [-0.4, -0.2) is 68.6 Å². The van der Waals surface area contributed by atoms with Gasteiger partial charge in [-0.15, -0.1) is 0 Å². The van der Waals surface area contributed by atoms with E-state index < -0.39 is 5.60 Å². The molecule has 0 aromatic rings. The number of alkyl carbamates (subject to hydrolysis) is 1. The summed E-state index contributed by atoms with van der Waals surface area (Å²) in [4.78, 5) is 14.2. The van der Waals surface area contributed by atoms with Crippen LogP contribution in [0.4, 0.5) is 4.79 Å². The van der Waals surface area contributed by atoms with Gasteiger partial charge in [0.15, 0.2) is 0 Å². The molecular formula is C18H37N3O3. The molecule has 1 amide bonds. The van der Waals surface area contributed by atoms with Gasteiger partial charge in [0.25, 0.3) is 0 Å². The van der Waals surface area contributed by atoms with Gasteiger partial charge in [0.1, 0.15) is 5.60 Å². The fourth-order valence-electron chi connectivity index (χ4n) is 2.61. The smallest absolute Gasteiger partial charge is 0.407 e. The summed E-state index contributed by atoms with van der Waals surface area (Å²) in [6.45, 7) is 16.5.